The molecule has 0 saturated carbocycles. The zero-order chi connectivity index (χ0) is 36.7. The Morgan fingerprint density at radius 3 is 1.41 bits per heavy atom. The maximum absolute atomic E-state index is 5.20. The Bertz CT molecular complexity index is 3500. The van der Waals surface area contributed by atoms with Crippen molar-refractivity contribution in [2.24, 2.45) is 11.3 Å². The molecule has 0 radical (unpaired) electrons. The van der Waals surface area contributed by atoms with Crippen molar-refractivity contribution in [3.63, 3.8) is 0 Å². The summed E-state index contributed by atoms with van der Waals surface area (Å²) in [5.41, 5.74) is 9.11. The molecule has 11 aromatic rings. The van der Waals surface area contributed by atoms with Gasteiger partial charge in [0.1, 0.15) is 21.3 Å². The number of rotatable bonds is 3. The Hall–Kier alpha value is -6.77. The first-order chi connectivity index (χ1) is 27.8. The highest BCUT2D eigenvalue weighted by Crippen LogP contribution is 2.39. The maximum atomic E-state index is 5.20. The molecule has 0 spiro atoms. The van der Waals surface area contributed by atoms with Gasteiger partial charge in [-0.1, -0.05) is 127 Å². The average Bonchev–Trinajstić information content (AvgIpc) is 3.79. The molecule has 1 aliphatic rings. The van der Waals surface area contributed by atoms with Crippen LogP contribution < -0.4 is 0 Å². The van der Waals surface area contributed by atoms with Gasteiger partial charge in [-0.05, 0) is 98.0 Å². The zero-order valence-electron chi connectivity index (χ0n) is 29.9. The first-order valence-corrected chi connectivity index (χ1v) is 20.7. The van der Waals surface area contributed by atoms with Crippen LogP contribution in [0.2, 0.25) is 0 Å². The second kappa shape index (κ2) is 12.4. The zero-order valence-corrected chi connectivity index (χ0v) is 32.1. The summed E-state index contributed by atoms with van der Waals surface area (Å²) >= 11 is -0.851. The predicted octanol–water partition coefficient (Wildman–Crippen LogP) is 13.8. The second-order valence-corrected chi connectivity index (χ2v) is 15.7. The number of halogens is 1. The molecule has 5 nitrogen and oxygen atoms in total. The van der Waals surface area contributed by atoms with Gasteiger partial charge in [0, 0.05) is 32.8 Å². The molecular weight excluding hydrogens is 797 g/mol. The standard InChI is InChI=1S/C50H30IN5/c1-2-12-34(13-3-1)55-45-20-10-8-18-40(45)43-28-31(23-26-47(43)55)32-24-27-48-44(29-32)41-19-9-11-21-46(41)56(48)50-52-49(53-51-54-50)33-22-25-39-37-16-5-4-14-35(37)36-15-6-7-17-38(36)42(39)30-33/h1-30H. The van der Waals surface area contributed by atoms with Crippen LogP contribution >= 0.6 is 21.3 Å². The molecule has 56 heavy (non-hydrogen) atoms. The number of aromatic nitrogens is 2. The van der Waals surface area contributed by atoms with Gasteiger partial charge >= 0.3 is 0 Å². The first kappa shape index (κ1) is 31.6. The van der Waals surface area contributed by atoms with Gasteiger partial charge in [0.15, 0.2) is 5.84 Å². The summed E-state index contributed by atoms with van der Waals surface area (Å²) in [6, 6.07) is 65.6. The van der Waals surface area contributed by atoms with E-state index in [1.165, 1.54) is 76.0 Å². The van der Waals surface area contributed by atoms with Crippen molar-refractivity contribution in [2.75, 3.05) is 0 Å². The van der Waals surface area contributed by atoms with Crippen LogP contribution in [0.25, 0.3) is 92.7 Å². The lowest BCUT2D eigenvalue weighted by atomic mass is 9.93. The summed E-state index contributed by atoms with van der Waals surface area (Å²) in [6.07, 6.45) is 0. The Balaban J connectivity index is 0.989. The van der Waals surface area contributed by atoms with E-state index in [1.807, 2.05) is 0 Å². The molecule has 0 atom stereocenters. The Morgan fingerprint density at radius 2 is 0.786 bits per heavy atom. The summed E-state index contributed by atoms with van der Waals surface area (Å²) < 4.78 is 14.5. The maximum Gasteiger partial charge on any atom is 0.243 e. The van der Waals surface area contributed by atoms with E-state index in [-0.39, 0.29) is 0 Å². The minimum atomic E-state index is -0.851. The molecule has 0 bridgehead atoms. The molecule has 0 N–H and O–H groups in total. The van der Waals surface area contributed by atoms with Gasteiger partial charge < -0.3 is 4.57 Å². The molecular formula is C50H30IN5. The van der Waals surface area contributed by atoms with Crippen LogP contribution in [0.5, 0.6) is 0 Å². The van der Waals surface area contributed by atoms with Crippen molar-refractivity contribution in [3.8, 4) is 16.8 Å². The lowest BCUT2D eigenvalue weighted by Crippen LogP contribution is -2.13. The monoisotopic (exact) mass is 827 g/mol. The van der Waals surface area contributed by atoms with Crippen molar-refractivity contribution in [2.45, 2.75) is 0 Å². The molecule has 0 aliphatic carbocycles. The van der Waals surface area contributed by atoms with E-state index in [0.29, 0.717) is 5.96 Å². The molecule has 6 heteroatoms. The summed E-state index contributed by atoms with van der Waals surface area (Å²) in [6.45, 7) is 0. The van der Waals surface area contributed by atoms with E-state index in [2.05, 4.69) is 191 Å². The average molecular weight is 828 g/mol. The van der Waals surface area contributed by atoms with Crippen LogP contribution in [-0.4, -0.2) is 20.9 Å². The minimum absolute atomic E-state index is 0.695. The number of hydrogen-bond donors (Lipinski definition) is 0. The van der Waals surface area contributed by atoms with Gasteiger partial charge in [-0.2, -0.15) is 11.3 Å². The molecule has 1 aliphatic heterocycles. The van der Waals surface area contributed by atoms with Crippen LogP contribution in [-0.2, 0) is 0 Å². The van der Waals surface area contributed by atoms with Crippen LogP contribution in [0.4, 0.5) is 0 Å². The third-order valence-corrected chi connectivity index (χ3v) is 12.7. The van der Waals surface area contributed by atoms with Gasteiger partial charge in [0.25, 0.3) is 0 Å². The van der Waals surface area contributed by atoms with E-state index < -0.39 is 21.3 Å². The quantitative estimate of drug-likeness (QED) is 0.126. The fraction of sp³-hybridized carbons (Fsp3) is 0. The van der Waals surface area contributed by atoms with Gasteiger partial charge in [-0.3, -0.25) is 4.57 Å². The predicted molar refractivity (Wildman–Crippen MR) is 244 cm³/mol. The number of nitrogens with zero attached hydrogens (tertiary/aromatic N) is 5. The molecule has 0 saturated heterocycles. The topological polar surface area (TPSA) is 46.9 Å². The van der Waals surface area contributed by atoms with E-state index in [4.69, 9.17) is 11.3 Å². The normalized spacial score (nSPS) is 13.3. The lowest BCUT2D eigenvalue weighted by molar-refractivity contribution is 1.18. The summed E-state index contributed by atoms with van der Waals surface area (Å²) in [5, 5.41) is 12.3. The highest BCUT2D eigenvalue weighted by Gasteiger charge is 2.20. The van der Waals surface area contributed by atoms with Gasteiger partial charge in [0.05, 0.1) is 22.1 Å². The number of benzene rings is 9. The summed E-state index contributed by atoms with van der Waals surface area (Å²) in [5.74, 6) is 1.44. The molecule has 2 aromatic heterocycles. The fourth-order valence-corrected chi connectivity index (χ4v) is 10.1. The third kappa shape index (κ3) is 4.72. The molecule has 9 aromatic carbocycles. The van der Waals surface area contributed by atoms with Crippen molar-refractivity contribution in [1.29, 1.82) is 0 Å². The highest BCUT2D eigenvalue weighted by molar-refractivity contribution is 14.1. The van der Waals surface area contributed by atoms with Crippen molar-refractivity contribution in [1.82, 2.24) is 9.13 Å². The van der Waals surface area contributed by atoms with Gasteiger partial charge in [0.2, 0.25) is 5.96 Å². The van der Waals surface area contributed by atoms with E-state index >= 15 is 0 Å². The highest BCUT2D eigenvalue weighted by atomic mass is 127. The smallest absolute Gasteiger partial charge is 0.243 e. The van der Waals surface area contributed by atoms with Crippen molar-refractivity contribution in [3.05, 3.63) is 188 Å². The summed E-state index contributed by atoms with van der Waals surface area (Å²) in [4.78, 5) is 5.20. The molecule has 0 fully saturated rings. The van der Waals surface area contributed by atoms with Crippen LogP contribution in [0.15, 0.2) is 193 Å². The second-order valence-electron chi connectivity index (χ2n) is 14.3. The number of fused-ring (bicyclic) bond motifs is 12. The lowest BCUT2D eigenvalue weighted by Gasteiger charge is -2.13. The minimum Gasteiger partial charge on any atom is -0.309 e. The largest absolute Gasteiger partial charge is 0.309 e. The molecule has 3 heterocycles. The van der Waals surface area contributed by atoms with E-state index in [1.54, 1.807) is 0 Å². The first-order valence-electron chi connectivity index (χ1n) is 18.8. The van der Waals surface area contributed by atoms with Gasteiger partial charge in [-0.25, -0.2) is 0 Å². The Kier molecular flexibility index (Phi) is 6.98. The number of aliphatic imine (C=N–C) groups is 1. The Labute approximate surface area is 332 Å². The van der Waals surface area contributed by atoms with E-state index in [0.717, 1.165) is 28.1 Å². The third-order valence-electron chi connectivity index (χ3n) is 11.3. The van der Waals surface area contributed by atoms with Crippen LogP contribution in [0, 0.1) is 0 Å². The van der Waals surface area contributed by atoms with Crippen LogP contribution in [0.3, 0.4) is 0 Å². The molecule has 0 unspecified atom stereocenters. The van der Waals surface area contributed by atoms with Crippen molar-refractivity contribution >= 4 is 109 Å². The van der Waals surface area contributed by atoms with Gasteiger partial charge in [-0.15, -0.1) is 0 Å². The number of para-hydroxylation sites is 3. The molecule has 12 rings (SSSR count). The SMILES string of the molecule is c1ccc(-n2c3ccccc3c3cc(-c4ccc5c(c4)c4ccccc4n5C4=NC(c5ccc6c7ccccc7c7ccccc7c6c5)=NI=N4)ccc32)cc1. The van der Waals surface area contributed by atoms with E-state index in [9.17, 15) is 0 Å². The van der Waals surface area contributed by atoms with Crippen molar-refractivity contribution < 1.29 is 0 Å². The molecule has 262 valence electrons. The molecule has 0 amide bonds. The van der Waals surface area contributed by atoms with Crippen LogP contribution in [0.1, 0.15) is 5.56 Å². The number of amidine groups is 1. The Morgan fingerprint density at radius 1 is 0.339 bits per heavy atom. The number of hydrogen-bond acceptors (Lipinski definition) is 3. The summed E-state index contributed by atoms with van der Waals surface area (Å²) in [7, 11) is 0. The fourth-order valence-electron chi connectivity index (χ4n) is 8.84.